The number of nitrogens with one attached hydrogen (secondary N) is 1. The summed E-state index contributed by atoms with van der Waals surface area (Å²) in [5.41, 5.74) is -0.461. The molecule has 0 unspecified atom stereocenters. The fraction of sp³-hybridized carbons (Fsp3) is 0.400. The summed E-state index contributed by atoms with van der Waals surface area (Å²) in [7, 11) is -12.2. The second-order valence-corrected chi connectivity index (χ2v) is 14.4. The Kier molecular flexibility index (Phi) is 7.29. The van der Waals surface area contributed by atoms with Crippen molar-refractivity contribution in [2.24, 2.45) is 5.41 Å². The first-order valence-electron chi connectivity index (χ1n) is 9.90. The van der Waals surface area contributed by atoms with Crippen molar-refractivity contribution >= 4 is 41.5 Å². The summed E-state index contributed by atoms with van der Waals surface area (Å²) in [6, 6.07) is 8.06. The zero-order valence-electron chi connectivity index (χ0n) is 18.0. The van der Waals surface area contributed by atoms with Crippen LogP contribution in [0, 0.1) is 11.2 Å². The topological polar surface area (TPSA) is 118 Å². The number of hydrogen-bond acceptors (Lipinski definition) is 6. The first-order valence-corrected chi connectivity index (χ1v) is 15.1. The molecule has 13 heteroatoms. The van der Waals surface area contributed by atoms with E-state index in [0.29, 0.717) is 12.8 Å². The van der Waals surface area contributed by atoms with Crippen LogP contribution in [0.1, 0.15) is 19.8 Å². The molecule has 8 nitrogen and oxygen atoms in total. The summed E-state index contributed by atoms with van der Waals surface area (Å²) >= 11 is 5.97. The molecule has 1 N–H and O–H groups in total. The maximum atomic E-state index is 14.3. The van der Waals surface area contributed by atoms with Crippen LogP contribution in [0.2, 0.25) is 5.02 Å². The van der Waals surface area contributed by atoms with E-state index in [-0.39, 0.29) is 24.7 Å². The van der Waals surface area contributed by atoms with Gasteiger partial charge in [0, 0.05) is 24.7 Å². The summed E-state index contributed by atoms with van der Waals surface area (Å²) < 4.78 is 93.9. The molecule has 182 valence electrons. The molecule has 0 bridgehead atoms. The Bertz CT molecular complexity index is 1370. The number of halogens is 2. The zero-order valence-corrected chi connectivity index (χ0v) is 21.2. The molecule has 2 aromatic rings. The lowest BCUT2D eigenvalue weighted by Crippen LogP contribution is -2.46. The minimum absolute atomic E-state index is 0.0121. The lowest BCUT2D eigenvalue weighted by atomic mass is 9.81. The molecule has 0 radical (unpaired) electrons. The fourth-order valence-corrected chi connectivity index (χ4v) is 8.00. The first-order chi connectivity index (χ1) is 15.2. The average molecular weight is 539 g/mol. The molecular formula is C20H24ClFN2O6S3. The second-order valence-electron chi connectivity index (χ2n) is 8.33. The van der Waals surface area contributed by atoms with Crippen molar-refractivity contribution in [2.45, 2.75) is 34.5 Å². The van der Waals surface area contributed by atoms with Crippen LogP contribution in [-0.2, 0) is 29.9 Å². The average Bonchev–Trinajstić information content (AvgIpc) is 2.72. The molecule has 0 saturated carbocycles. The van der Waals surface area contributed by atoms with E-state index in [1.807, 2.05) is 6.92 Å². The number of benzene rings is 2. The summed E-state index contributed by atoms with van der Waals surface area (Å²) in [5.74, 6) is -1.01. The van der Waals surface area contributed by atoms with Crippen LogP contribution < -0.4 is 4.72 Å². The third-order valence-corrected chi connectivity index (χ3v) is 10.4. The van der Waals surface area contributed by atoms with Crippen molar-refractivity contribution in [3.05, 3.63) is 53.3 Å². The molecule has 0 aromatic heterocycles. The molecule has 1 saturated heterocycles. The van der Waals surface area contributed by atoms with Gasteiger partial charge < -0.3 is 0 Å². The molecule has 2 aromatic carbocycles. The predicted octanol–water partition coefficient (Wildman–Crippen LogP) is 2.65. The van der Waals surface area contributed by atoms with E-state index in [1.54, 1.807) is 0 Å². The highest BCUT2D eigenvalue weighted by atomic mass is 35.5. The third kappa shape index (κ3) is 5.75. The van der Waals surface area contributed by atoms with Gasteiger partial charge in [-0.25, -0.2) is 34.4 Å². The number of nitrogens with zero attached hydrogens (tertiary/aromatic N) is 1. The Hall–Kier alpha value is -1.57. The number of piperidine rings is 1. The lowest BCUT2D eigenvalue weighted by molar-refractivity contribution is 0.177. The fourth-order valence-electron chi connectivity index (χ4n) is 3.57. The third-order valence-electron chi connectivity index (χ3n) is 5.63. The molecule has 0 atom stereocenters. The minimum Gasteiger partial charge on any atom is -0.218 e. The highest BCUT2D eigenvalue weighted by Crippen LogP contribution is 2.36. The number of rotatable bonds is 7. The minimum atomic E-state index is -4.53. The van der Waals surface area contributed by atoms with Crippen LogP contribution in [0.3, 0.4) is 0 Å². The summed E-state index contributed by atoms with van der Waals surface area (Å²) in [4.78, 5) is -1.75. The van der Waals surface area contributed by atoms with E-state index in [0.717, 1.165) is 34.8 Å². The Morgan fingerprint density at radius 3 is 2.15 bits per heavy atom. The van der Waals surface area contributed by atoms with Crippen LogP contribution in [0.4, 0.5) is 4.39 Å². The molecule has 0 spiro atoms. The molecule has 1 aliphatic rings. The van der Waals surface area contributed by atoms with Gasteiger partial charge in [-0.15, -0.1) is 0 Å². The smallest absolute Gasteiger partial charge is 0.218 e. The normalized spacial score (nSPS) is 17.7. The van der Waals surface area contributed by atoms with E-state index in [9.17, 15) is 29.6 Å². The van der Waals surface area contributed by atoms with Gasteiger partial charge in [-0.2, -0.15) is 4.31 Å². The molecule has 3 rings (SSSR count). The monoisotopic (exact) mass is 538 g/mol. The maximum Gasteiger partial charge on any atom is 0.244 e. The summed E-state index contributed by atoms with van der Waals surface area (Å²) in [5, 5.41) is -0.0121. The molecule has 0 amide bonds. The lowest BCUT2D eigenvalue weighted by Gasteiger charge is -2.38. The van der Waals surface area contributed by atoms with Crippen molar-refractivity contribution in [3.63, 3.8) is 0 Å². The number of sulfonamides is 2. The van der Waals surface area contributed by atoms with Gasteiger partial charge in [-0.1, -0.05) is 30.7 Å². The molecule has 33 heavy (non-hydrogen) atoms. The number of sulfone groups is 1. The van der Waals surface area contributed by atoms with E-state index >= 15 is 0 Å². The largest absolute Gasteiger partial charge is 0.244 e. The quantitative estimate of drug-likeness (QED) is 0.579. The summed E-state index contributed by atoms with van der Waals surface area (Å²) in [6.45, 7) is 2.14. The van der Waals surface area contributed by atoms with Gasteiger partial charge in [0.05, 0.1) is 11.2 Å². The molecule has 1 heterocycles. The Morgan fingerprint density at radius 1 is 0.970 bits per heavy atom. The second kappa shape index (κ2) is 9.23. The van der Waals surface area contributed by atoms with E-state index < -0.39 is 55.8 Å². The zero-order chi connectivity index (χ0) is 24.7. The van der Waals surface area contributed by atoms with Crippen LogP contribution in [0.5, 0.6) is 0 Å². The van der Waals surface area contributed by atoms with Crippen LogP contribution in [0.15, 0.2) is 57.2 Å². The Balaban J connectivity index is 1.95. The van der Waals surface area contributed by atoms with Crippen molar-refractivity contribution in [2.75, 3.05) is 25.9 Å². The van der Waals surface area contributed by atoms with Gasteiger partial charge in [-0.3, -0.25) is 0 Å². The maximum absolute atomic E-state index is 14.3. The van der Waals surface area contributed by atoms with Gasteiger partial charge in [0.2, 0.25) is 29.9 Å². The van der Waals surface area contributed by atoms with E-state index in [4.69, 9.17) is 11.6 Å². The van der Waals surface area contributed by atoms with Gasteiger partial charge in [0.1, 0.15) is 15.6 Å². The van der Waals surface area contributed by atoms with Gasteiger partial charge in [0.25, 0.3) is 0 Å². The van der Waals surface area contributed by atoms with E-state index in [2.05, 4.69) is 4.72 Å². The van der Waals surface area contributed by atoms with E-state index in [1.165, 1.54) is 18.2 Å². The molecule has 1 aliphatic heterocycles. The van der Waals surface area contributed by atoms with Gasteiger partial charge >= 0.3 is 0 Å². The first kappa shape index (κ1) is 26.0. The Labute approximate surface area is 198 Å². The van der Waals surface area contributed by atoms with Crippen molar-refractivity contribution in [1.29, 1.82) is 0 Å². The van der Waals surface area contributed by atoms with Crippen molar-refractivity contribution in [1.82, 2.24) is 9.03 Å². The standard InChI is InChI=1S/C20H24ClFN2O6S3/c1-20(14-23-31(2,25)26)9-11-24(12-10-20)33(29,30)18-8-7-15(21)13-19(18)32(27,28)17-6-4-3-5-16(17)22/h3-8,13,23H,9-12,14H2,1-2H3. The van der Waals surface area contributed by atoms with Crippen molar-refractivity contribution < 1.29 is 29.6 Å². The highest BCUT2D eigenvalue weighted by Gasteiger charge is 2.38. The molecule has 0 aliphatic carbocycles. The predicted molar refractivity (Wildman–Crippen MR) is 122 cm³/mol. The highest BCUT2D eigenvalue weighted by molar-refractivity contribution is 7.93. The van der Waals surface area contributed by atoms with Gasteiger partial charge in [0.15, 0.2) is 0 Å². The Morgan fingerprint density at radius 2 is 1.58 bits per heavy atom. The van der Waals surface area contributed by atoms with Crippen molar-refractivity contribution in [3.8, 4) is 0 Å². The molecule has 1 fully saturated rings. The van der Waals surface area contributed by atoms with Crippen LogP contribution >= 0.6 is 11.6 Å². The molecular weight excluding hydrogens is 515 g/mol. The number of hydrogen-bond donors (Lipinski definition) is 1. The van der Waals surface area contributed by atoms with Crippen LogP contribution in [0.25, 0.3) is 0 Å². The summed E-state index contributed by atoms with van der Waals surface area (Å²) in [6.07, 6.45) is 1.77. The SMILES string of the molecule is CC1(CNS(C)(=O)=O)CCN(S(=O)(=O)c2ccc(Cl)cc2S(=O)(=O)c2ccccc2F)CC1. The van der Waals surface area contributed by atoms with Gasteiger partial charge in [-0.05, 0) is 48.6 Å². The van der Waals surface area contributed by atoms with Crippen LogP contribution in [-0.4, -0.2) is 55.4 Å².